The third-order valence-corrected chi connectivity index (χ3v) is 5.84. The van der Waals surface area contributed by atoms with E-state index in [2.05, 4.69) is 26.0 Å². The zero-order valence-corrected chi connectivity index (χ0v) is 18.5. The minimum atomic E-state index is 0.0579. The van der Waals surface area contributed by atoms with Crippen molar-refractivity contribution in [2.45, 2.75) is 26.4 Å². The van der Waals surface area contributed by atoms with Crippen LogP contribution in [0.1, 0.15) is 22.5 Å². The van der Waals surface area contributed by atoms with Crippen LogP contribution in [0.5, 0.6) is 0 Å². The molecule has 5 rings (SSSR count). The second kappa shape index (κ2) is 9.12. The SMILES string of the molecule is Cc1[nH]c2ccccc2c1CC(=O)N(Cc1cccnc1)Cc1cnc(-c2ccccc2)[nH]1. The number of benzene rings is 2. The summed E-state index contributed by atoms with van der Waals surface area (Å²) in [7, 11) is 0. The van der Waals surface area contributed by atoms with Crippen molar-refractivity contribution in [1.82, 2.24) is 24.8 Å². The monoisotopic (exact) mass is 435 g/mol. The van der Waals surface area contributed by atoms with Gasteiger partial charge >= 0.3 is 0 Å². The lowest BCUT2D eigenvalue weighted by molar-refractivity contribution is -0.131. The Morgan fingerprint density at radius 3 is 2.55 bits per heavy atom. The van der Waals surface area contributed by atoms with E-state index in [-0.39, 0.29) is 5.91 Å². The molecule has 2 N–H and O–H groups in total. The van der Waals surface area contributed by atoms with Crippen LogP contribution in [-0.2, 0) is 24.3 Å². The molecule has 6 heteroatoms. The summed E-state index contributed by atoms with van der Waals surface area (Å²) in [6, 6.07) is 22.0. The fraction of sp³-hybridized carbons (Fsp3) is 0.148. The van der Waals surface area contributed by atoms with Gasteiger partial charge in [-0.1, -0.05) is 54.6 Å². The first-order valence-corrected chi connectivity index (χ1v) is 11.0. The van der Waals surface area contributed by atoms with Crippen LogP contribution in [0, 0.1) is 6.92 Å². The number of para-hydroxylation sites is 1. The summed E-state index contributed by atoms with van der Waals surface area (Å²) in [6.07, 6.45) is 5.68. The van der Waals surface area contributed by atoms with Gasteiger partial charge in [0.2, 0.25) is 5.91 Å². The van der Waals surface area contributed by atoms with Gasteiger partial charge in [0.25, 0.3) is 0 Å². The number of H-pyrrole nitrogens is 2. The van der Waals surface area contributed by atoms with Gasteiger partial charge < -0.3 is 14.9 Å². The van der Waals surface area contributed by atoms with Crippen LogP contribution in [0.25, 0.3) is 22.3 Å². The largest absolute Gasteiger partial charge is 0.358 e. The molecule has 0 aliphatic rings. The van der Waals surface area contributed by atoms with E-state index >= 15 is 0 Å². The van der Waals surface area contributed by atoms with E-state index in [9.17, 15) is 4.79 Å². The zero-order chi connectivity index (χ0) is 22.6. The van der Waals surface area contributed by atoms with Gasteiger partial charge in [-0.25, -0.2) is 4.98 Å². The molecule has 0 aliphatic heterocycles. The van der Waals surface area contributed by atoms with Gasteiger partial charge in [0.1, 0.15) is 5.82 Å². The maximum absolute atomic E-state index is 13.5. The van der Waals surface area contributed by atoms with Gasteiger partial charge in [-0.15, -0.1) is 0 Å². The minimum absolute atomic E-state index is 0.0579. The number of fused-ring (bicyclic) bond motifs is 1. The Labute approximate surface area is 192 Å². The quantitative estimate of drug-likeness (QED) is 0.376. The van der Waals surface area contributed by atoms with Crippen molar-refractivity contribution in [2.75, 3.05) is 0 Å². The predicted octanol–water partition coefficient (Wildman–Crippen LogP) is 5.03. The Hall–Kier alpha value is -4.19. The molecule has 0 radical (unpaired) electrons. The van der Waals surface area contributed by atoms with Gasteiger partial charge in [-0.2, -0.15) is 0 Å². The first-order valence-electron chi connectivity index (χ1n) is 11.0. The molecule has 0 atom stereocenters. The minimum Gasteiger partial charge on any atom is -0.358 e. The number of carbonyl (C=O) groups is 1. The number of carbonyl (C=O) groups excluding carboxylic acids is 1. The fourth-order valence-corrected chi connectivity index (χ4v) is 4.16. The molecule has 5 aromatic rings. The summed E-state index contributed by atoms with van der Waals surface area (Å²) in [5, 5.41) is 1.09. The number of nitrogens with one attached hydrogen (secondary N) is 2. The fourth-order valence-electron chi connectivity index (χ4n) is 4.16. The molecule has 2 aromatic carbocycles. The number of aryl methyl sites for hydroxylation is 1. The van der Waals surface area contributed by atoms with Crippen LogP contribution in [0.15, 0.2) is 85.3 Å². The summed E-state index contributed by atoms with van der Waals surface area (Å²) in [5.74, 6) is 0.856. The Morgan fingerprint density at radius 2 is 1.73 bits per heavy atom. The summed E-state index contributed by atoms with van der Waals surface area (Å²) in [5.41, 5.74) is 6.02. The average Bonchev–Trinajstić information content (AvgIpc) is 3.44. The average molecular weight is 436 g/mol. The Morgan fingerprint density at radius 1 is 0.909 bits per heavy atom. The zero-order valence-electron chi connectivity index (χ0n) is 18.5. The molecule has 3 heterocycles. The normalized spacial score (nSPS) is 11.1. The van der Waals surface area contributed by atoms with Crippen molar-refractivity contribution >= 4 is 16.8 Å². The maximum Gasteiger partial charge on any atom is 0.227 e. The highest BCUT2D eigenvalue weighted by Crippen LogP contribution is 2.24. The number of amides is 1. The summed E-state index contributed by atoms with van der Waals surface area (Å²) in [6.45, 7) is 2.94. The Kier molecular flexibility index (Phi) is 5.72. The van der Waals surface area contributed by atoms with E-state index in [0.29, 0.717) is 19.5 Å². The molecule has 6 nitrogen and oxygen atoms in total. The molecule has 0 spiro atoms. The van der Waals surface area contributed by atoms with E-state index in [1.807, 2.05) is 78.7 Å². The van der Waals surface area contributed by atoms with Crippen LogP contribution < -0.4 is 0 Å². The highest BCUT2D eigenvalue weighted by Gasteiger charge is 2.20. The molecule has 3 aromatic heterocycles. The first kappa shape index (κ1) is 20.7. The van der Waals surface area contributed by atoms with E-state index in [4.69, 9.17) is 0 Å². The Bertz CT molecular complexity index is 1370. The second-order valence-electron chi connectivity index (χ2n) is 8.19. The molecule has 0 fully saturated rings. The van der Waals surface area contributed by atoms with Gasteiger partial charge in [0.15, 0.2) is 0 Å². The number of imidazole rings is 1. The van der Waals surface area contributed by atoms with E-state index in [1.54, 1.807) is 12.4 Å². The lowest BCUT2D eigenvalue weighted by atomic mass is 10.1. The van der Waals surface area contributed by atoms with E-state index in [1.165, 1.54) is 0 Å². The van der Waals surface area contributed by atoms with Crippen LogP contribution in [0.4, 0.5) is 0 Å². The van der Waals surface area contributed by atoms with Crippen molar-refractivity contribution in [3.63, 3.8) is 0 Å². The third kappa shape index (κ3) is 4.55. The lowest BCUT2D eigenvalue weighted by Crippen LogP contribution is -2.31. The number of nitrogens with zero attached hydrogens (tertiary/aromatic N) is 3. The highest BCUT2D eigenvalue weighted by molar-refractivity contribution is 5.90. The molecule has 0 unspecified atom stereocenters. The van der Waals surface area contributed by atoms with Crippen molar-refractivity contribution < 1.29 is 4.79 Å². The highest BCUT2D eigenvalue weighted by atomic mass is 16.2. The number of rotatable bonds is 7. The maximum atomic E-state index is 13.5. The van der Waals surface area contributed by atoms with Crippen molar-refractivity contribution in [1.29, 1.82) is 0 Å². The van der Waals surface area contributed by atoms with Crippen LogP contribution in [-0.4, -0.2) is 30.7 Å². The molecule has 164 valence electrons. The number of hydrogen-bond donors (Lipinski definition) is 2. The smallest absolute Gasteiger partial charge is 0.227 e. The summed E-state index contributed by atoms with van der Waals surface area (Å²) >= 11 is 0. The number of hydrogen-bond acceptors (Lipinski definition) is 3. The molecule has 0 saturated heterocycles. The first-order chi connectivity index (χ1) is 16.2. The van der Waals surface area contributed by atoms with Gasteiger partial charge in [0, 0.05) is 41.1 Å². The molecule has 0 bridgehead atoms. The van der Waals surface area contributed by atoms with Crippen molar-refractivity contribution in [2.24, 2.45) is 0 Å². The molecule has 0 saturated carbocycles. The van der Waals surface area contributed by atoms with Gasteiger partial charge in [-0.05, 0) is 30.2 Å². The number of aromatic amines is 2. The van der Waals surface area contributed by atoms with Crippen LogP contribution >= 0.6 is 0 Å². The second-order valence-corrected chi connectivity index (χ2v) is 8.19. The molecular weight excluding hydrogens is 410 g/mol. The van der Waals surface area contributed by atoms with Crippen molar-refractivity contribution in [3.8, 4) is 11.4 Å². The number of aromatic nitrogens is 4. The molecular formula is C27H25N5O. The molecule has 1 amide bonds. The molecule has 33 heavy (non-hydrogen) atoms. The van der Waals surface area contributed by atoms with Gasteiger partial charge in [-0.3, -0.25) is 9.78 Å². The summed E-state index contributed by atoms with van der Waals surface area (Å²) in [4.78, 5) is 30.9. The van der Waals surface area contributed by atoms with E-state index in [0.717, 1.165) is 44.8 Å². The standard InChI is InChI=1S/C27H25N5O/c1-19-24(23-11-5-6-12-25(23)30-19)14-26(33)32(17-20-8-7-13-28-15-20)18-22-16-29-27(31-22)21-9-3-2-4-10-21/h2-13,15-16,30H,14,17-18H2,1H3,(H,29,31). The van der Waals surface area contributed by atoms with Crippen LogP contribution in [0.2, 0.25) is 0 Å². The van der Waals surface area contributed by atoms with E-state index < -0.39 is 0 Å². The predicted molar refractivity (Wildman–Crippen MR) is 129 cm³/mol. The topological polar surface area (TPSA) is 77.7 Å². The Balaban J connectivity index is 1.41. The van der Waals surface area contributed by atoms with Gasteiger partial charge in [0.05, 0.1) is 24.9 Å². The van der Waals surface area contributed by atoms with Crippen molar-refractivity contribution in [3.05, 3.63) is 108 Å². The lowest BCUT2D eigenvalue weighted by Gasteiger charge is -2.22. The number of pyridine rings is 1. The molecule has 0 aliphatic carbocycles. The van der Waals surface area contributed by atoms with Crippen LogP contribution in [0.3, 0.4) is 0 Å². The third-order valence-electron chi connectivity index (χ3n) is 5.84. The summed E-state index contributed by atoms with van der Waals surface area (Å²) < 4.78 is 0.